The number of rotatable bonds is 6. The molecule has 2 N–H and O–H groups in total. The van der Waals surface area contributed by atoms with Gasteiger partial charge in [-0.1, -0.05) is 13.0 Å². The van der Waals surface area contributed by atoms with E-state index >= 15 is 0 Å². The van der Waals surface area contributed by atoms with E-state index in [0.717, 1.165) is 23.4 Å². The lowest BCUT2D eigenvalue weighted by molar-refractivity contribution is 0.601. The fourth-order valence-electron chi connectivity index (χ4n) is 1.99. The Bertz CT molecular complexity index is 771. The van der Waals surface area contributed by atoms with Gasteiger partial charge in [0.1, 0.15) is 5.82 Å². The summed E-state index contributed by atoms with van der Waals surface area (Å²) in [5.41, 5.74) is 2.45. The zero-order valence-electron chi connectivity index (χ0n) is 13.9. The van der Waals surface area contributed by atoms with Crippen LogP contribution in [0.1, 0.15) is 31.4 Å². The number of benzene rings is 1. The molecule has 2 rings (SSSR count). The molecule has 1 aromatic carbocycles. The van der Waals surface area contributed by atoms with E-state index < -0.39 is 10.0 Å². The average molecular weight is 333 g/mol. The minimum Gasteiger partial charge on any atom is -0.368 e. The van der Waals surface area contributed by atoms with Crippen LogP contribution in [0.25, 0.3) is 0 Å². The highest BCUT2D eigenvalue weighted by Gasteiger charge is 2.15. The summed E-state index contributed by atoms with van der Waals surface area (Å²) in [6.45, 7) is 8.00. The molecule has 1 aromatic heterocycles. The molecule has 1 unspecified atom stereocenters. The molecule has 23 heavy (non-hydrogen) atoms. The molecule has 0 fully saturated rings. The van der Waals surface area contributed by atoms with Crippen molar-refractivity contribution in [1.82, 2.24) is 4.98 Å². The van der Waals surface area contributed by atoms with Gasteiger partial charge in [0.2, 0.25) is 0 Å². The smallest absolute Gasteiger partial charge is 0.261 e. The lowest BCUT2D eigenvalue weighted by atomic mass is 10.1. The Morgan fingerprint density at radius 2 is 1.87 bits per heavy atom. The predicted octanol–water partition coefficient (Wildman–Crippen LogP) is 3.71. The van der Waals surface area contributed by atoms with Crippen molar-refractivity contribution in [3.8, 4) is 0 Å². The molecule has 1 heterocycles. The van der Waals surface area contributed by atoms with Gasteiger partial charge in [-0.05, 0) is 62.6 Å². The molecule has 6 heteroatoms. The monoisotopic (exact) mass is 333 g/mol. The van der Waals surface area contributed by atoms with Crippen LogP contribution in [0.3, 0.4) is 0 Å². The quantitative estimate of drug-likeness (QED) is 0.845. The lowest BCUT2D eigenvalue weighted by Crippen LogP contribution is -2.15. The molecule has 0 bridgehead atoms. The highest BCUT2D eigenvalue weighted by molar-refractivity contribution is 7.92. The van der Waals surface area contributed by atoms with E-state index in [0.29, 0.717) is 11.7 Å². The summed E-state index contributed by atoms with van der Waals surface area (Å²) in [6, 6.07) is 8.88. The summed E-state index contributed by atoms with van der Waals surface area (Å²) in [5, 5.41) is 3.24. The van der Waals surface area contributed by atoms with Crippen LogP contribution in [0.5, 0.6) is 0 Å². The standard InChI is InChI=1S/C17H23N3O2S/c1-5-14(4)19-17-9-7-15(11-18-17)20-23(21,22)16-8-6-12(2)13(3)10-16/h6-11,14,20H,5H2,1-4H3,(H,18,19). The van der Waals surface area contributed by atoms with Gasteiger partial charge in [0.05, 0.1) is 16.8 Å². The first-order valence-corrected chi connectivity index (χ1v) is 9.13. The number of aromatic nitrogens is 1. The van der Waals surface area contributed by atoms with Gasteiger partial charge < -0.3 is 5.32 Å². The number of pyridine rings is 1. The fourth-order valence-corrected chi connectivity index (χ4v) is 3.12. The van der Waals surface area contributed by atoms with Gasteiger partial charge in [-0.25, -0.2) is 13.4 Å². The summed E-state index contributed by atoms with van der Waals surface area (Å²) in [7, 11) is -3.60. The summed E-state index contributed by atoms with van der Waals surface area (Å²) in [6.07, 6.45) is 2.51. The number of nitrogens with zero attached hydrogens (tertiary/aromatic N) is 1. The van der Waals surface area contributed by atoms with Gasteiger partial charge in [0, 0.05) is 6.04 Å². The van der Waals surface area contributed by atoms with Crippen molar-refractivity contribution in [2.75, 3.05) is 10.0 Å². The molecule has 0 aliphatic carbocycles. The fraction of sp³-hybridized carbons (Fsp3) is 0.353. The number of aryl methyl sites for hydroxylation is 2. The first kappa shape index (κ1) is 17.3. The molecule has 0 spiro atoms. The molecule has 5 nitrogen and oxygen atoms in total. The van der Waals surface area contributed by atoms with Gasteiger partial charge in [0.25, 0.3) is 10.0 Å². The SMILES string of the molecule is CCC(C)Nc1ccc(NS(=O)(=O)c2ccc(C)c(C)c2)cn1. The molecule has 124 valence electrons. The van der Waals surface area contributed by atoms with Crippen LogP contribution >= 0.6 is 0 Å². The molecule has 0 aliphatic heterocycles. The summed E-state index contributed by atoms with van der Waals surface area (Å²) in [5.74, 6) is 0.730. The molecule has 1 atom stereocenters. The predicted molar refractivity (Wildman–Crippen MR) is 94.3 cm³/mol. The molecular weight excluding hydrogens is 310 g/mol. The van der Waals surface area contributed by atoms with E-state index in [1.807, 2.05) is 13.8 Å². The number of anilines is 2. The van der Waals surface area contributed by atoms with Crippen molar-refractivity contribution in [2.45, 2.75) is 45.1 Å². The van der Waals surface area contributed by atoms with Crippen molar-refractivity contribution in [3.05, 3.63) is 47.7 Å². The second-order valence-corrected chi connectivity index (χ2v) is 7.42. The third-order valence-corrected chi connectivity index (χ3v) is 5.19. The van der Waals surface area contributed by atoms with Crippen LogP contribution in [0.4, 0.5) is 11.5 Å². The van der Waals surface area contributed by atoms with Crippen LogP contribution in [0, 0.1) is 13.8 Å². The third kappa shape index (κ3) is 4.45. The van der Waals surface area contributed by atoms with E-state index in [1.165, 1.54) is 6.20 Å². The highest BCUT2D eigenvalue weighted by Crippen LogP contribution is 2.19. The molecule has 0 saturated heterocycles. The Morgan fingerprint density at radius 3 is 2.43 bits per heavy atom. The van der Waals surface area contributed by atoms with Crippen molar-refractivity contribution in [3.63, 3.8) is 0 Å². The van der Waals surface area contributed by atoms with Crippen LogP contribution < -0.4 is 10.0 Å². The molecule has 0 saturated carbocycles. The normalized spacial score (nSPS) is 12.7. The Balaban J connectivity index is 2.15. The van der Waals surface area contributed by atoms with E-state index in [4.69, 9.17) is 0 Å². The van der Waals surface area contributed by atoms with Crippen LogP contribution in [0.2, 0.25) is 0 Å². The number of hydrogen-bond donors (Lipinski definition) is 2. The minimum absolute atomic E-state index is 0.252. The van der Waals surface area contributed by atoms with Crippen LogP contribution in [-0.4, -0.2) is 19.4 Å². The van der Waals surface area contributed by atoms with Gasteiger partial charge in [-0.3, -0.25) is 4.72 Å². The molecule has 0 aliphatic rings. The van der Waals surface area contributed by atoms with Crippen molar-refractivity contribution in [2.24, 2.45) is 0 Å². The maximum atomic E-state index is 12.4. The van der Waals surface area contributed by atoms with Crippen molar-refractivity contribution < 1.29 is 8.42 Å². The average Bonchev–Trinajstić information content (AvgIpc) is 2.51. The molecule has 2 aromatic rings. The highest BCUT2D eigenvalue weighted by atomic mass is 32.2. The Morgan fingerprint density at radius 1 is 1.13 bits per heavy atom. The zero-order chi connectivity index (χ0) is 17.0. The first-order valence-electron chi connectivity index (χ1n) is 7.64. The molecular formula is C17H23N3O2S. The van der Waals surface area contributed by atoms with E-state index in [1.54, 1.807) is 30.3 Å². The van der Waals surface area contributed by atoms with E-state index in [2.05, 4.69) is 28.9 Å². The zero-order valence-corrected chi connectivity index (χ0v) is 14.7. The number of sulfonamides is 1. The van der Waals surface area contributed by atoms with Gasteiger partial charge in [-0.15, -0.1) is 0 Å². The van der Waals surface area contributed by atoms with Gasteiger partial charge in [0.15, 0.2) is 0 Å². The summed E-state index contributed by atoms with van der Waals surface area (Å²) in [4.78, 5) is 4.49. The van der Waals surface area contributed by atoms with E-state index in [-0.39, 0.29) is 4.90 Å². The Kier molecular flexibility index (Phi) is 5.26. The topological polar surface area (TPSA) is 71.1 Å². The van der Waals surface area contributed by atoms with Crippen molar-refractivity contribution >= 4 is 21.5 Å². The lowest BCUT2D eigenvalue weighted by Gasteiger charge is -2.13. The maximum Gasteiger partial charge on any atom is 0.261 e. The Labute approximate surface area is 138 Å². The van der Waals surface area contributed by atoms with Crippen molar-refractivity contribution in [1.29, 1.82) is 0 Å². The van der Waals surface area contributed by atoms with Crippen LogP contribution in [-0.2, 0) is 10.0 Å². The molecule has 0 radical (unpaired) electrons. The largest absolute Gasteiger partial charge is 0.368 e. The minimum atomic E-state index is -3.60. The van der Waals surface area contributed by atoms with Gasteiger partial charge >= 0.3 is 0 Å². The molecule has 0 amide bonds. The second-order valence-electron chi connectivity index (χ2n) is 5.74. The maximum absolute atomic E-state index is 12.4. The second kappa shape index (κ2) is 7.00. The number of hydrogen-bond acceptors (Lipinski definition) is 4. The van der Waals surface area contributed by atoms with E-state index in [9.17, 15) is 8.42 Å². The third-order valence-electron chi connectivity index (χ3n) is 3.81. The number of nitrogens with one attached hydrogen (secondary N) is 2. The first-order chi connectivity index (χ1) is 10.8. The Hall–Kier alpha value is -2.08. The summed E-state index contributed by atoms with van der Waals surface area (Å²) < 4.78 is 27.4. The van der Waals surface area contributed by atoms with Crippen LogP contribution in [0.15, 0.2) is 41.4 Å². The summed E-state index contributed by atoms with van der Waals surface area (Å²) >= 11 is 0. The van der Waals surface area contributed by atoms with Gasteiger partial charge in [-0.2, -0.15) is 0 Å².